The van der Waals surface area contributed by atoms with Gasteiger partial charge in [-0.1, -0.05) is 29.8 Å². The van der Waals surface area contributed by atoms with Crippen LogP contribution in [0.2, 0.25) is 0 Å². The molecule has 0 saturated carbocycles. The van der Waals surface area contributed by atoms with Crippen molar-refractivity contribution in [3.63, 3.8) is 0 Å². The van der Waals surface area contributed by atoms with Crippen LogP contribution in [0.4, 0.5) is 5.95 Å². The summed E-state index contributed by atoms with van der Waals surface area (Å²) in [6, 6.07) is 14.7. The van der Waals surface area contributed by atoms with Crippen LogP contribution < -0.4 is 5.32 Å². The summed E-state index contributed by atoms with van der Waals surface area (Å²) in [5.41, 5.74) is 4.75. The highest BCUT2D eigenvalue weighted by molar-refractivity contribution is 5.99. The molecule has 1 aliphatic carbocycles. The lowest BCUT2D eigenvalue weighted by molar-refractivity contribution is -0.116. The van der Waals surface area contributed by atoms with Gasteiger partial charge in [0, 0.05) is 23.3 Å². The molecule has 2 N–H and O–H groups in total. The molecule has 3 aromatic rings. The lowest BCUT2D eigenvalue weighted by Gasteiger charge is -2.32. The number of phenolic OH excluding ortho intramolecular Hbond substituents is 1. The van der Waals surface area contributed by atoms with Crippen molar-refractivity contribution in [3.8, 4) is 17.1 Å². The number of rotatable bonds is 2. The number of phenols is 1. The fourth-order valence-corrected chi connectivity index (χ4v) is 4.04. The topological polar surface area (TPSA) is 80.0 Å². The first-order chi connectivity index (χ1) is 13.6. The van der Waals surface area contributed by atoms with Gasteiger partial charge in [-0.3, -0.25) is 4.79 Å². The molecule has 0 saturated heterocycles. The molecular weight excluding hydrogens is 352 g/mol. The average Bonchev–Trinajstić information content (AvgIpc) is 3.10. The summed E-state index contributed by atoms with van der Waals surface area (Å²) >= 11 is 0. The number of aromatic hydroxyl groups is 1. The van der Waals surface area contributed by atoms with Crippen LogP contribution in [0.1, 0.15) is 36.4 Å². The predicted molar refractivity (Wildman–Crippen MR) is 106 cm³/mol. The minimum Gasteiger partial charge on any atom is -0.508 e. The number of hydrogen-bond donors (Lipinski definition) is 2. The Hall–Kier alpha value is -3.41. The number of anilines is 1. The first kappa shape index (κ1) is 16.7. The fraction of sp³-hybridized carbons (Fsp3) is 0.227. The molecule has 6 heteroatoms. The van der Waals surface area contributed by atoms with E-state index >= 15 is 0 Å². The van der Waals surface area contributed by atoms with E-state index in [0.717, 1.165) is 40.8 Å². The number of allylic oxidation sites excluding steroid dienone is 2. The molecule has 5 rings (SSSR count). The molecular formula is C22H20N4O2. The summed E-state index contributed by atoms with van der Waals surface area (Å²) in [6.07, 6.45) is 2.26. The maximum atomic E-state index is 12.8. The molecule has 0 unspecified atom stereocenters. The van der Waals surface area contributed by atoms with Crippen LogP contribution in [0, 0.1) is 6.92 Å². The number of carbonyl (C=O) groups is 1. The van der Waals surface area contributed by atoms with E-state index in [1.807, 2.05) is 29.8 Å². The van der Waals surface area contributed by atoms with Gasteiger partial charge in [-0.25, -0.2) is 4.68 Å². The van der Waals surface area contributed by atoms with Gasteiger partial charge >= 0.3 is 0 Å². The van der Waals surface area contributed by atoms with Crippen LogP contribution in [0.25, 0.3) is 11.4 Å². The lowest BCUT2D eigenvalue weighted by Crippen LogP contribution is -2.31. The van der Waals surface area contributed by atoms with E-state index in [2.05, 4.69) is 16.4 Å². The highest BCUT2D eigenvalue weighted by Gasteiger charge is 2.36. The Labute approximate surface area is 162 Å². The normalized spacial score (nSPS) is 18.5. The minimum absolute atomic E-state index is 0.174. The van der Waals surface area contributed by atoms with Gasteiger partial charge < -0.3 is 10.4 Å². The maximum absolute atomic E-state index is 12.8. The maximum Gasteiger partial charge on any atom is 0.226 e. The Morgan fingerprint density at radius 3 is 2.75 bits per heavy atom. The number of fused-ring (bicyclic) bond motifs is 1. The summed E-state index contributed by atoms with van der Waals surface area (Å²) in [4.78, 5) is 17.5. The number of nitrogens with zero attached hydrogens (tertiary/aromatic N) is 3. The Kier molecular flexibility index (Phi) is 3.79. The molecule has 0 radical (unpaired) electrons. The van der Waals surface area contributed by atoms with Crippen LogP contribution in [0.3, 0.4) is 0 Å². The molecule has 0 bridgehead atoms. The Bertz CT molecular complexity index is 1110. The van der Waals surface area contributed by atoms with Gasteiger partial charge in [0.1, 0.15) is 11.8 Å². The molecule has 0 spiro atoms. The highest BCUT2D eigenvalue weighted by Crippen LogP contribution is 2.40. The monoisotopic (exact) mass is 372 g/mol. The van der Waals surface area contributed by atoms with Crippen LogP contribution in [0.5, 0.6) is 5.75 Å². The van der Waals surface area contributed by atoms with Gasteiger partial charge in [0.05, 0.1) is 0 Å². The number of ketones is 1. The van der Waals surface area contributed by atoms with Gasteiger partial charge in [-0.05, 0) is 49.6 Å². The number of nitrogens with one attached hydrogen (secondary N) is 1. The SMILES string of the molecule is Cc1cccc([C@H]2C3=C(CCCC3=O)Nc3nc(-c4ccc(O)cc4)nn32)c1. The zero-order valence-electron chi connectivity index (χ0n) is 15.5. The summed E-state index contributed by atoms with van der Waals surface area (Å²) in [5, 5.41) is 17.6. The van der Waals surface area contributed by atoms with Crippen molar-refractivity contribution in [1.82, 2.24) is 14.8 Å². The third kappa shape index (κ3) is 2.69. The fourth-order valence-electron chi connectivity index (χ4n) is 4.04. The average molecular weight is 372 g/mol. The van der Waals surface area contributed by atoms with Gasteiger partial charge in [0.15, 0.2) is 11.6 Å². The van der Waals surface area contributed by atoms with Gasteiger partial charge in [0.2, 0.25) is 5.95 Å². The van der Waals surface area contributed by atoms with Gasteiger partial charge in [-0.2, -0.15) is 4.98 Å². The summed E-state index contributed by atoms with van der Waals surface area (Å²) in [6.45, 7) is 2.05. The highest BCUT2D eigenvalue weighted by atomic mass is 16.3. The summed E-state index contributed by atoms with van der Waals surface area (Å²) in [7, 11) is 0. The number of Topliss-reactive ketones (excluding diaryl/α,β-unsaturated/α-hetero) is 1. The van der Waals surface area contributed by atoms with E-state index in [1.165, 1.54) is 0 Å². The standard InChI is InChI=1S/C22H20N4O2/c1-13-4-2-5-15(12-13)20-19-17(6-3-7-18(19)28)23-22-24-21(25-26(20)22)14-8-10-16(27)11-9-14/h2,4-5,8-12,20,27H,3,6-7H2,1H3,(H,23,24,25)/t20-/m0/s1. The second kappa shape index (κ2) is 6.34. The number of carbonyl (C=O) groups excluding carboxylic acids is 1. The molecule has 1 aliphatic heterocycles. The molecule has 140 valence electrons. The van der Waals surface area contributed by atoms with Crippen LogP contribution >= 0.6 is 0 Å². The lowest BCUT2D eigenvalue weighted by atomic mass is 9.85. The molecule has 6 nitrogen and oxygen atoms in total. The van der Waals surface area contributed by atoms with Crippen molar-refractivity contribution in [2.24, 2.45) is 0 Å². The van der Waals surface area contributed by atoms with E-state index in [-0.39, 0.29) is 17.6 Å². The summed E-state index contributed by atoms with van der Waals surface area (Å²) in [5.74, 6) is 1.58. The third-order valence-electron chi connectivity index (χ3n) is 5.35. The molecule has 1 aromatic heterocycles. The molecule has 2 aliphatic rings. The minimum atomic E-state index is -0.280. The van der Waals surface area contributed by atoms with Crippen molar-refractivity contribution in [2.45, 2.75) is 32.2 Å². The third-order valence-corrected chi connectivity index (χ3v) is 5.35. The van der Waals surface area contributed by atoms with Crippen molar-refractivity contribution in [3.05, 3.63) is 70.9 Å². The van der Waals surface area contributed by atoms with Crippen LogP contribution in [-0.4, -0.2) is 25.7 Å². The van der Waals surface area contributed by atoms with Crippen molar-refractivity contribution in [1.29, 1.82) is 0 Å². The Balaban J connectivity index is 1.68. The summed E-state index contributed by atoms with van der Waals surface area (Å²) < 4.78 is 1.82. The van der Waals surface area contributed by atoms with Gasteiger partial charge in [0.25, 0.3) is 0 Å². The van der Waals surface area contributed by atoms with E-state index < -0.39 is 0 Å². The van der Waals surface area contributed by atoms with E-state index in [0.29, 0.717) is 18.2 Å². The zero-order valence-corrected chi connectivity index (χ0v) is 15.5. The van der Waals surface area contributed by atoms with Crippen LogP contribution in [-0.2, 0) is 4.79 Å². The largest absolute Gasteiger partial charge is 0.508 e. The van der Waals surface area contributed by atoms with Crippen LogP contribution in [0.15, 0.2) is 59.8 Å². The predicted octanol–water partition coefficient (Wildman–Crippen LogP) is 3.98. The molecule has 28 heavy (non-hydrogen) atoms. The molecule has 0 amide bonds. The van der Waals surface area contributed by atoms with E-state index in [9.17, 15) is 9.90 Å². The smallest absolute Gasteiger partial charge is 0.226 e. The molecule has 2 heterocycles. The van der Waals surface area contributed by atoms with Crippen molar-refractivity contribution >= 4 is 11.7 Å². The Morgan fingerprint density at radius 2 is 1.96 bits per heavy atom. The zero-order chi connectivity index (χ0) is 19.3. The van der Waals surface area contributed by atoms with E-state index in [1.54, 1.807) is 24.3 Å². The molecule has 1 atom stereocenters. The molecule has 2 aromatic carbocycles. The Morgan fingerprint density at radius 1 is 1.14 bits per heavy atom. The van der Waals surface area contributed by atoms with E-state index in [4.69, 9.17) is 5.10 Å². The van der Waals surface area contributed by atoms with Crippen molar-refractivity contribution in [2.75, 3.05) is 5.32 Å². The number of hydrogen-bond acceptors (Lipinski definition) is 5. The number of aromatic nitrogens is 3. The van der Waals surface area contributed by atoms with Gasteiger partial charge in [-0.15, -0.1) is 5.10 Å². The number of benzene rings is 2. The molecule has 0 fully saturated rings. The van der Waals surface area contributed by atoms with Crippen molar-refractivity contribution < 1.29 is 9.90 Å². The number of aryl methyl sites for hydroxylation is 1. The first-order valence-corrected chi connectivity index (χ1v) is 9.46. The first-order valence-electron chi connectivity index (χ1n) is 9.46. The second-order valence-corrected chi connectivity index (χ2v) is 7.36. The second-order valence-electron chi connectivity index (χ2n) is 7.36. The quantitative estimate of drug-likeness (QED) is 0.711.